The molecule has 1 aromatic rings. The predicted octanol–water partition coefficient (Wildman–Crippen LogP) is 1.38. The molecule has 3 rings (SSSR count). The third kappa shape index (κ3) is 5.92. The van der Waals surface area contributed by atoms with Crippen LogP contribution in [0.5, 0.6) is 0 Å². The number of carbonyl (C=O) groups excluding carboxylic acids is 1. The summed E-state index contributed by atoms with van der Waals surface area (Å²) in [6, 6.07) is 4.92. The summed E-state index contributed by atoms with van der Waals surface area (Å²) in [6.07, 6.45) is -0.101. The molecule has 2 heterocycles. The van der Waals surface area contributed by atoms with Crippen molar-refractivity contribution < 1.29 is 28.2 Å². The fraction of sp³-hybridized carbons (Fsp3) is 0.667. The number of ether oxygens (including phenoxy) is 1. The van der Waals surface area contributed by atoms with Crippen LogP contribution in [0.15, 0.2) is 29.2 Å². The van der Waals surface area contributed by atoms with E-state index in [4.69, 9.17) is 21.4 Å². The van der Waals surface area contributed by atoms with Crippen LogP contribution in [0.3, 0.4) is 0 Å². The molecule has 180 valence electrons. The lowest BCUT2D eigenvalue weighted by atomic mass is 9.95. The SMILES string of the molecule is CC[C@@H]1C[C@H](O)C[C@H](COC(=O)N2CCN(CCO)CC2)N1S(=O)(=O)c1ccc(Cl)cc1. The first kappa shape index (κ1) is 25.2. The highest BCUT2D eigenvalue weighted by molar-refractivity contribution is 7.89. The molecule has 3 atom stereocenters. The fourth-order valence-electron chi connectivity index (χ4n) is 4.39. The molecule has 0 aliphatic carbocycles. The first-order valence-corrected chi connectivity index (χ1v) is 12.8. The Morgan fingerprint density at radius 1 is 1.12 bits per heavy atom. The number of carbonyl (C=O) groups is 1. The summed E-state index contributed by atoms with van der Waals surface area (Å²) in [5, 5.41) is 19.8. The minimum absolute atomic E-state index is 0.0744. The van der Waals surface area contributed by atoms with Crippen LogP contribution < -0.4 is 0 Å². The number of β-amino-alcohol motifs (C(OH)–C–C–N with tert-alkyl or cyclic N) is 1. The number of benzene rings is 1. The molecule has 9 nitrogen and oxygen atoms in total. The number of nitrogens with zero attached hydrogens (tertiary/aromatic N) is 3. The van der Waals surface area contributed by atoms with Gasteiger partial charge in [-0.05, 0) is 43.5 Å². The Morgan fingerprint density at radius 2 is 1.75 bits per heavy atom. The number of halogens is 1. The quantitative estimate of drug-likeness (QED) is 0.595. The molecule has 0 unspecified atom stereocenters. The van der Waals surface area contributed by atoms with Crippen LogP contribution in [0, 0.1) is 0 Å². The van der Waals surface area contributed by atoms with Crippen molar-refractivity contribution in [1.82, 2.24) is 14.1 Å². The van der Waals surface area contributed by atoms with Gasteiger partial charge in [0.15, 0.2) is 0 Å². The number of piperidine rings is 1. The highest BCUT2D eigenvalue weighted by Gasteiger charge is 2.42. The van der Waals surface area contributed by atoms with Gasteiger partial charge >= 0.3 is 6.09 Å². The molecular formula is C21H32ClN3O6S. The Morgan fingerprint density at radius 3 is 2.34 bits per heavy atom. The maximum atomic E-state index is 13.5. The average Bonchev–Trinajstić information content (AvgIpc) is 2.77. The molecule has 2 aliphatic rings. The lowest BCUT2D eigenvalue weighted by molar-refractivity contribution is 0.00836. The Balaban J connectivity index is 1.71. The van der Waals surface area contributed by atoms with Crippen LogP contribution >= 0.6 is 11.6 Å². The smallest absolute Gasteiger partial charge is 0.409 e. The van der Waals surface area contributed by atoms with Gasteiger partial charge in [0.05, 0.1) is 23.6 Å². The van der Waals surface area contributed by atoms with Gasteiger partial charge < -0.3 is 19.8 Å². The maximum Gasteiger partial charge on any atom is 0.409 e. The van der Waals surface area contributed by atoms with Crippen LogP contribution in [0.25, 0.3) is 0 Å². The Labute approximate surface area is 194 Å². The standard InChI is InChI=1S/C21H32ClN3O6S/c1-2-17-13-19(27)14-18(25(17)32(29,30)20-5-3-16(22)4-6-20)15-31-21(28)24-9-7-23(8-10-24)11-12-26/h3-6,17-19,26-27H,2,7-15H2,1H3/t17-,18-,19+/m1/s1. The summed E-state index contributed by atoms with van der Waals surface area (Å²) < 4.78 is 33.8. The van der Waals surface area contributed by atoms with Gasteiger partial charge in [-0.1, -0.05) is 18.5 Å². The zero-order valence-corrected chi connectivity index (χ0v) is 19.8. The van der Waals surface area contributed by atoms with Crippen molar-refractivity contribution in [3.05, 3.63) is 29.3 Å². The van der Waals surface area contributed by atoms with Crippen LogP contribution in [-0.4, -0.2) is 103 Å². The molecule has 0 bridgehead atoms. The van der Waals surface area contributed by atoms with Crippen LogP contribution in [0.4, 0.5) is 4.79 Å². The van der Waals surface area contributed by atoms with Gasteiger partial charge in [-0.2, -0.15) is 4.31 Å². The van der Waals surface area contributed by atoms with E-state index >= 15 is 0 Å². The number of piperazine rings is 1. The number of sulfonamides is 1. The Bertz CT molecular complexity index is 861. The van der Waals surface area contributed by atoms with E-state index in [1.807, 2.05) is 6.92 Å². The predicted molar refractivity (Wildman–Crippen MR) is 120 cm³/mol. The fourth-order valence-corrected chi connectivity index (χ4v) is 6.41. The summed E-state index contributed by atoms with van der Waals surface area (Å²) in [4.78, 5) is 16.4. The number of aliphatic hydroxyl groups excluding tert-OH is 2. The number of amides is 1. The van der Waals surface area contributed by atoms with Crippen LogP contribution in [0.1, 0.15) is 26.2 Å². The van der Waals surface area contributed by atoms with E-state index in [0.29, 0.717) is 50.6 Å². The van der Waals surface area contributed by atoms with Gasteiger partial charge in [0.1, 0.15) is 6.61 Å². The summed E-state index contributed by atoms with van der Waals surface area (Å²) in [5.41, 5.74) is 0. The Hall–Kier alpha value is -1.43. The van der Waals surface area contributed by atoms with E-state index in [9.17, 15) is 18.3 Å². The molecule has 11 heteroatoms. The molecule has 2 N–H and O–H groups in total. The Kier molecular flexibility index (Phi) is 8.76. The summed E-state index contributed by atoms with van der Waals surface area (Å²) in [5.74, 6) is 0. The van der Waals surface area contributed by atoms with Crippen molar-refractivity contribution in [2.24, 2.45) is 0 Å². The highest BCUT2D eigenvalue weighted by Crippen LogP contribution is 2.32. The first-order valence-electron chi connectivity index (χ1n) is 11.0. The topological polar surface area (TPSA) is 111 Å². The first-order chi connectivity index (χ1) is 15.3. The molecule has 2 fully saturated rings. The van der Waals surface area contributed by atoms with Crippen LogP contribution in [0.2, 0.25) is 5.02 Å². The molecule has 2 saturated heterocycles. The van der Waals surface area contributed by atoms with Gasteiger partial charge in [0, 0.05) is 43.8 Å². The molecule has 32 heavy (non-hydrogen) atoms. The van der Waals surface area contributed by atoms with Crippen molar-refractivity contribution in [2.75, 3.05) is 45.9 Å². The second kappa shape index (κ2) is 11.1. The zero-order valence-electron chi connectivity index (χ0n) is 18.3. The summed E-state index contributed by atoms with van der Waals surface area (Å²) in [6.45, 7) is 4.65. The number of hydrogen-bond acceptors (Lipinski definition) is 7. The van der Waals surface area contributed by atoms with Crippen LogP contribution in [-0.2, 0) is 14.8 Å². The number of aliphatic hydroxyl groups is 2. The van der Waals surface area contributed by atoms with E-state index in [2.05, 4.69) is 4.90 Å². The van der Waals surface area contributed by atoms with E-state index in [1.165, 1.54) is 28.6 Å². The van der Waals surface area contributed by atoms with Crippen molar-refractivity contribution in [3.8, 4) is 0 Å². The normalized spacial score (nSPS) is 25.6. The zero-order chi connectivity index (χ0) is 23.3. The van der Waals surface area contributed by atoms with Crippen molar-refractivity contribution in [3.63, 3.8) is 0 Å². The molecule has 0 aromatic heterocycles. The largest absolute Gasteiger partial charge is 0.448 e. The third-order valence-corrected chi connectivity index (χ3v) is 8.39. The molecular weight excluding hydrogens is 458 g/mol. The van der Waals surface area contributed by atoms with Gasteiger partial charge in [0.25, 0.3) is 0 Å². The second-order valence-electron chi connectivity index (χ2n) is 8.26. The van der Waals surface area contributed by atoms with E-state index in [0.717, 1.165) is 0 Å². The van der Waals surface area contributed by atoms with E-state index < -0.39 is 34.3 Å². The second-order valence-corrected chi connectivity index (χ2v) is 10.5. The maximum absolute atomic E-state index is 13.5. The third-order valence-electron chi connectivity index (χ3n) is 6.11. The van der Waals surface area contributed by atoms with Gasteiger partial charge in [-0.3, -0.25) is 4.90 Å². The number of rotatable bonds is 7. The molecule has 2 aliphatic heterocycles. The number of hydrogen-bond donors (Lipinski definition) is 2. The molecule has 1 aromatic carbocycles. The van der Waals surface area contributed by atoms with E-state index in [1.54, 1.807) is 4.90 Å². The highest BCUT2D eigenvalue weighted by atomic mass is 35.5. The minimum Gasteiger partial charge on any atom is -0.448 e. The molecule has 1 amide bonds. The van der Waals surface area contributed by atoms with Gasteiger partial charge in [0.2, 0.25) is 10.0 Å². The summed E-state index contributed by atoms with van der Waals surface area (Å²) in [7, 11) is -3.87. The molecule has 0 saturated carbocycles. The van der Waals surface area contributed by atoms with Crippen molar-refractivity contribution >= 4 is 27.7 Å². The van der Waals surface area contributed by atoms with Gasteiger partial charge in [-0.25, -0.2) is 13.2 Å². The minimum atomic E-state index is -3.87. The lowest BCUT2D eigenvalue weighted by Crippen LogP contribution is -2.55. The van der Waals surface area contributed by atoms with Gasteiger partial charge in [-0.15, -0.1) is 0 Å². The van der Waals surface area contributed by atoms with Crippen molar-refractivity contribution in [2.45, 2.75) is 49.3 Å². The van der Waals surface area contributed by atoms with E-state index in [-0.39, 0.29) is 24.5 Å². The summed E-state index contributed by atoms with van der Waals surface area (Å²) >= 11 is 5.92. The molecule has 0 spiro atoms. The monoisotopic (exact) mass is 489 g/mol. The van der Waals surface area contributed by atoms with Crippen molar-refractivity contribution in [1.29, 1.82) is 0 Å². The molecule has 0 radical (unpaired) electrons. The average molecular weight is 490 g/mol. The lowest BCUT2D eigenvalue weighted by Gasteiger charge is -2.42.